The number of halogens is 4. The van der Waals surface area contributed by atoms with Gasteiger partial charge in [-0.15, -0.1) is 0 Å². The quantitative estimate of drug-likeness (QED) is 0.471. The van der Waals surface area contributed by atoms with E-state index in [0.29, 0.717) is 17.6 Å². The van der Waals surface area contributed by atoms with Crippen molar-refractivity contribution in [1.82, 2.24) is 15.2 Å². The van der Waals surface area contributed by atoms with Crippen LogP contribution in [0.25, 0.3) is 10.9 Å². The van der Waals surface area contributed by atoms with Crippen LogP contribution in [-0.4, -0.2) is 55.1 Å². The fourth-order valence-electron chi connectivity index (χ4n) is 5.20. The SMILES string of the molecule is CC.CC1Cc2c([nH]c3ccccc23)CN1CC(F)F.Fc1cc(F)cc(N2CC3(CNC3)C2)c1. The van der Waals surface area contributed by atoms with Crippen LogP contribution in [0.5, 0.6) is 0 Å². The minimum absolute atomic E-state index is 0.143. The first kappa shape index (κ1) is 25.5. The molecule has 2 N–H and O–H groups in total. The van der Waals surface area contributed by atoms with E-state index in [2.05, 4.69) is 16.4 Å². The second-order valence-electron chi connectivity index (χ2n) is 9.59. The van der Waals surface area contributed by atoms with Crippen LogP contribution in [0.4, 0.5) is 23.2 Å². The number of anilines is 1. The summed E-state index contributed by atoms with van der Waals surface area (Å²) < 4.78 is 51.0. The molecule has 4 nitrogen and oxygen atoms in total. The molecule has 4 heterocycles. The zero-order valence-electron chi connectivity index (χ0n) is 20.6. The number of hydrogen-bond donors (Lipinski definition) is 2. The number of benzene rings is 2. The summed E-state index contributed by atoms with van der Waals surface area (Å²) in [6.45, 7) is 10.3. The Morgan fingerprint density at radius 1 is 1.03 bits per heavy atom. The van der Waals surface area contributed by atoms with Gasteiger partial charge < -0.3 is 15.2 Å². The summed E-state index contributed by atoms with van der Waals surface area (Å²) in [5, 5.41) is 4.46. The van der Waals surface area contributed by atoms with Crippen LogP contribution in [0.3, 0.4) is 0 Å². The predicted octanol–water partition coefficient (Wildman–Crippen LogP) is 5.58. The van der Waals surface area contributed by atoms with E-state index in [1.165, 1.54) is 23.1 Å². The highest BCUT2D eigenvalue weighted by Gasteiger charge is 2.47. The molecule has 6 rings (SSSR count). The summed E-state index contributed by atoms with van der Waals surface area (Å²) >= 11 is 0. The third kappa shape index (κ3) is 5.48. The molecule has 0 bridgehead atoms. The maximum absolute atomic E-state index is 13.0. The van der Waals surface area contributed by atoms with Gasteiger partial charge in [0, 0.05) is 72.5 Å². The monoisotopic (exact) mass is 490 g/mol. The maximum Gasteiger partial charge on any atom is 0.251 e. The van der Waals surface area contributed by atoms with Gasteiger partial charge in [-0.1, -0.05) is 32.0 Å². The molecule has 1 unspecified atom stereocenters. The zero-order valence-corrected chi connectivity index (χ0v) is 20.6. The normalized spacial score (nSPS) is 20.3. The Morgan fingerprint density at radius 2 is 1.69 bits per heavy atom. The zero-order chi connectivity index (χ0) is 25.2. The van der Waals surface area contributed by atoms with Gasteiger partial charge in [-0.05, 0) is 37.1 Å². The van der Waals surface area contributed by atoms with Gasteiger partial charge in [-0.25, -0.2) is 17.6 Å². The molecule has 190 valence electrons. The van der Waals surface area contributed by atoms with Crippen LogP contribution in [0, 0.1) is 17.0 Å². The van der Waals surface area contributed by atoms with Crippen molar-refractivity contribution in [2.24, 2.45) is 5.41 Å². The fourth-order valence-corrected chi connectivity index (χ4v) is 5.20. The molecule has 0 radical (unpaired) electrons. The van der Waals surface area contributed by atoms with Crippen molar-refractivity contribution < 1.29 is 17.6 Å². The number of aromatic nitrogens is 1. The summed E-state index contributed by atoms with van der Waals surface area (Å²) in [6.07, 6.45) is -1.43. The van der Waals surface area contributed by atoms with Crippen molar-refractivity contribution in [2.75, 3.05) is 37.6 Å². The smallest absolute Gasteiger partial charge is 0.251 e. The molecular formula is C27H34F4N4. The van der Waals surface area contributed by atoms with Crippen molar-refractivity contribution >= 4 is 16.6 Å². The first-order valence-corrected chi connectivity index (χ1v) is 12.3. The molecule has 0 aliphatic carbocycles. The second-order valence-corrected chi connectivity index (χ2v) is 9.59. The number of rotatable bonds is 3. The number of hydrogen-bond acceptors (Lipinski definition) is 3. The van der Waals surface area contributed by atoms with Crippen LogP contribution < -0.4 is 10.2 Å². The third-order valence-corrected chi connectivity index (χ3v) is 7.02. The number of alkyl halides is 2. The van der Waals surface area contributed by atoms with Gasteiger partial charge >= 0.3 is 0 Å². The number of fused-ring (bicyclic) bond motifs is 3. The largest absolute Gasteiger partial charge is 0.370 e. The minimum atomic E-state index is -2.27. The summed E-state index contributed by atoms with van der Waals surface area (Å²) in [6, 6.07) is 12.0. The molecule has 8 heteroatoms. The second kappa shape index (κ2) is 10.6. The van der Waals surface area contributed by atoms with Gasteiger partial charge in [0.05, 0.1) is 6.54 Å². The summed E-state index contributed by atoms with van der Waals surface area (Å²) in [7, 11) is 0. The highest BCUT2D eigenvalue weighted by atomic mass is 19.3. The Balaban J connectivity index is 0.000000156. The lowest BCUT2D eigenvalue weighted by atomic mass is 9.74. The van der Waals surface area contributed by atoms with Crippen molar-refractivity contribution in [1.29, 1.82) is 0 Å². The average Bonchev–Trinajstić information content (AvgIpc) is 3.10. The molecular weight excluding hydrogens is 456 g/mol. The van der Waals surface area contributed by atoms with Gasteiger partial charge in [-0.2, -0.15) is 0 Å². The van der Waals surface area contributed by atoms with Crippen LogP contribution in [0.2, 0.25) is 0 Å². The maximum atomic E-state index is 13.0. The highest BCUT2D eigenvalue weighted by Crippen LogP contribution is 2.37. The molecule has 0 saturated carbocycles. The van der Waals surface area contributed by atoms with E-state index in [1.807, 2.05) is 48.8 Å². The van der Waals surface area contributed by atoms with Gasteiger partial charge in [0.15, 0.2) is 0 Å². The first-order chi connectivity index (χ1) is 16.8. The molecule has 2 fully saturated rings. The van der Waals surface area contributed by atoms with Crippen LogP contribution in [0.1, 0.15) is 32.0 Å². The summed E-state index contributed by atoms with van der Waals surface area (Å²) in [5.41, 5.74) is 4.53. The van der Waals surface area contributed by atoms with Crippen LogP contribution in [0.15, 0.2) is 42.5 Å². The van der Waals surface area contributed by atoms with E-state index in [-0.39, 0.29) is 12.6 Å². The van der Waals surface area contributed by atoms with Crippen LogP contribution >= 0.6 is 0 Å². The highest BCUT2D eigenvalue weighted by molar-refractivity contribution is 5.84. The average molecular weight is 491 g/mol. The molecule has 2 saturated heterocycles. The summed E-state index contributed by atoms with van der Waals surface area (Å²) in [4.78, 5) is 7.22. The molecule has 3 aliphatic heterocycles. The Kier molecular flexibility index (Phi) is 7.71. The molecule has 1 aromatic heterocycles. The van der Waals surface area contributed by atoms with E-state index in [0.717, 1.165) is 49.9 Å². The summed E-state index contributed by atoms with van der Waals surface area (Å²) in [5.74, 6) is -1.00. The van der Waals surface area contributed by atoms with E-state index >= 15 is 0 Å². The van der Waals surface area contributed by atoms with Crippen molar-refractivity contribution in [2.45, 2.75) is 46.2 Å². The van der Waals surface area contributed by atoms with E-state index in [9.17, 15) is 17.6 Å². The lowest BCUT2D eigenvalue weighted by molar-refractivity contribution is 0.0597. The third-order valence-electron chi connectivity index (χ3n) is 7.02. The number of H-pyrrole nitrogens is 1. The first-order valence-electron chi connectivity index (χ1n) is 12.3. The topological polar surface area (TPSA) is 34.3 Å². The molecule has 35 heavy (non-hydrogen) atoms. The molecule has 0 amide bonds. The molecule has 3 aromatic rings. The van der Waals surface area contributed by atoms with Crippen molar-refractivity contribution in [3.8, 4) is 0 Å². The molecule has 3 aliphatic rings. The van der Waals surface area contributed by atoms with Gasteiger partial charge in [0.25, 0.3) is 6.43 Å². The number of aromatic amines is 1. The minimum Gasteiger partial charge on any atom is -0.370 e. The van der Waals surface area contributed by atoms with E-state index in [4.69, 9.17) is 0 Å². The Labute approximate surface area is 204 Å². The number of para-hydroxylation sites is 1. The van der Waals surface area contributed by atoms with Crippen LogP contribution in [-0.2, 0) is 13.0 Å². The lowest BCUT2D eigenvalue weighted by Crippen LogP contribution is -2.71. The molecule has 1 spiro atoms. The fraction of sp³-hybridized carbons (Fsp3) is 0.481. The Hall–Kier alpha value is -2.58. The predicted molar refractivity (Wildman–Crippen MR) is 133 cm³/mol. The molecule has 2 aromatic carbocycles. The molecule has 1 atom stereocenters. The Morgan fingerprint density at radius 3 is 2.29 bits per heavy atom. The van der Waals surface area contributed by atoms with Gasteiger partial charge in [0.1, 0.15) is 11.6 Å². The lowest BCUT2D eigenvalue weighted by Gasteiger charge is -2.57. The van der Waals surface area contributed by atoms with E-state index < -0.39 is 18.1 Å². The van der Waals surface area contributed by atoms with Gasteiger partial charge in [-0.3, -0.25) is 4.90 Å². The standard InChI is InChI=1S/C14H16F2N2.C11H12F2N2.C2H6/c1-9-6-11-10-4-2-3-5-12(10)17-13(11)7-18(9)8-14(15)16;12-8-1-9(13)3-10(2-8)15-6-11(7-15)4-14-5-11;1-2/h2-5,9,14,17H,6-8H2,1H3;1-3,14H,4-7H2;1-2H3. The van der Waals surface area contributed by atoms with E-state index in [1.54, 1.807) is 0 Å². The van der Waals surface area contributed by atoms with Crippen molar-refractivity contribution in [3.05, 3.63) is 65.4 Å². The number of nitrogens with zero attached hydrogens (tertiary/aromatic N) is 2. The Bertz CT molecular complexity index is 1110. The van der Waals surface area contributed by atoms with Gasteiger partial charge in [0.2, 0.25) is 0 Å². The number of nitrogens with one attached hydrogen (secondary N) is 2. The van der Waals surface area contributed by atoms with Crippen molar-refractivity contribution in [3.63, 3.8) is 0 Å².